The maximum absolute atomic E-state index is 12.7. The second-order valence-electron chi connectivity index (χ2n) is 7.91. The van der Waals surface area contributed by atoms with Crippen LogP contribution in [-0.4, -0.2) is 20.4 Å². The number of nitrogens with one attached hydrogen (secondary N) is 2. The van der Waals surface area contributed by atoms with Crippen LogP contribution in [0.3, 0.4) is 0 Å². The van der Waals surface area contributed by atoms with Gasteiger partial charge in [-0.05, 0) is 36.1 Å². The molecule has 0 spiro atoms. The van der Waals surface area contributed by atoms with Crippen molar-refractivity contribution >= 4 is 44.2 Å². The van der Waals surface area contributed by atoms with Crippen LogP contribution in [-0.2, 0) is 0 Å². The van der Waals surface area contributed by atoms with E-state index in [0.29, 0.717) is 10.7 Å². The number of anilines is 1. The Kier molecular flexibility index (Phi) is 6.23. The van der Waals surface area contributed by atoms with Crippen LogP contribution in [0.5, 0.6) is 0 Å². The van der Waals surface area contributed by atoms with Crippen LogP contribution in [0.2, 0.25) is 0 Å². The number of para-hydroxylation sites is 2. The summed E-state index contributed by atoms with van der Waals surface area (Å²) in [6.45, 7) is 2.14. The van der Waals surface area contributed by atoms with Crippen molar-refractivity contribution in [2.24, 2.45) is 0 Å². The molecule has 0 fully saturated rings. The highest BCUT2D eigenvalue weighted by atomic mass is 32.1. The molecular formula is C28H24N4OS. The van der Waals surface area contributed by atoms with Gasteiger partial charge in [0.05, 0.1) is 11.6 Å². The summed E-state index contributed by atoms with van der Waals surface area (Å²) >= 11 is 1.41. The molecule has 0 saturated carbocycles. The van der Waals surface area contributed by atoms with E-state index in [1.807, 2.05) is 66.3 Å². The molecule has 3 aromatic heterocycles. The summed E-state index contributed by atoms with van der Waals surface area (Å²) in [6, 6.07) is 28.7. The molecule has 6 aromatic rings. The van der Waals surface area contributed by atoms with Crippen molar-refractivity contribution in [3.63, 3.8) is 0 Å². The third-order valence-corrected chi connectivity index (χ3v) is 6.49. The summed E-state index contributed by atoms with van der Waals surface area (Å²) in [4.78, 5) is 20.0. The van der Waals surface area contributed by atoms with E-state index in [4.69, 9.17) is 0 Å². The summed E-state index contributed by atoms with van der Waals surface area (Å²) in [7, 11) is 0. The lowest BCUT2D eigenvalue weighted by atomic mass is 10.1. The minimum absolute atomic E-state index is 0.132. The van der Waals surface area contributed by atoms with Crippen LogP contribution in [0.15, 0.2) is 109 Å². The molecule has 0 saturated heterocycles. The first-order valence-electron chi connectivity index (χ1n) is 11.1. The van der Waals surface area contributed by atoms with Gasteiger partial charge in [0.2, 0.25) is 0 Å². The molecule has 0 radical (unpaired) electrons. The standard InChI is InChI=1S/C20H17N3OS.C8H7N/c1-14(15-7-3-2-4-8-15)23-13-17(16-9-5-6-10-18(16)23)19(24)22-20-21-11-12-25-20;1-2-4-8-7(3-1)5-6-9-8/h2-14H,1H3,(H,21,22,24);1-6,9H. The third kappa shape index (κ3) is 4.49. The van der Waals surface area contributed by atoms with Gasteiger partial charge in [0.1, 0.15) is 0 Å². The molecule has 1 atom stereocenters. The average molecular weight is 465 g/mol. The van der Waals surface area contributed by atoms with E-state index in [1.165, 1.54) is 27.8 Å². The number of carbonyl (C=O) groups excluding carboxylic acids is 1. The maximum Gasteiger partial charge on any atom is 0.259 e. The Bertz CT molecular complexity index is 1490. The van der Waals surface area contributed by atoms with Gasteiger partial charge in [-0.2, -0.15) is 0 Å². The lowest BCUT2D eigenvalue weighted by molar-refractivity contribution is 0.102. The van der Waals surface area contributed by atoms with Gasteiger partial charge in [0, 0.05) is 40.4 Å². The van der Waals surface area contributed by atoms with Crippen molar-refractivity contribution in [3.8, 4) is 0 Å². The molecule has 1 unspecified atom stereocenters. The molecule has 2 N–H and O–H groups in total. The predicted molar refractivity (Wildman–Crippen MR) is 141 cm³/mol. The Morgan fingerprint density at radius 2 is 1.74 bits per heavy atom. The smallest absolute Gasteiger partial charge is 0.259 e. The first-order valence-corrected chi connectivity index (χ1v) is 12.0. The summed E-state index contributed by atoms with van der Waals surface area (Å²) in [5, 5.41) is 7.55. The number of thiazole rings is 1. The van der Waals surface area contributed by atoms with Gasteiger partial charge in [0.15, 0.2) is 5.13 Å². The Labute approximate surface area is 201 Å². The molecule has 5 nitrogen and oxygen atoms in total. The van der Waals surface area contributed by atoms with E-state index in [1.54, 1.807) is 6.20 Å². The predicted octanol–water partition coefficient (Wildman–Crippen LogP) is 7.13. The van der Waals surface area contributed by atoms with Crippen LogP contribution in [0.25, 0.3) is 21.8 Å². The monoisotopic (exact) mass is 464 g/mol. The van der Waals surface area contributed by atoms with E-state index >= 15 is 0 Å². The number of benzene rings is 3. The third-order valence-electron chi connectivity index (χ3n) is 5.80. The van der Waals surface area contributed by atoms with Crippen LogP contribution in [0, 0.1) is 0 Å². The molecule has 6 heteroatoms. The van der Waals surface area contributed by atoms with E-state index in [9.17, 15) is 4.79 Å². The number of H-pyrrole nitrogens is 1. The van der Waals surface area contributed by atoms with Crippen molar-refractivity contribution in [2.75, 3.05) is 5.32 Å². The molecule has 34 heavy (non-hydrogen) atoms. The first-order chi connectivity index (χ1) is 16.7. The Balaban J connectivity index is 0.000000222. The second kappa shape index (κ2) is 9.77. The van der Waals surface area contributed by atoms with E-state index in [2.05, 4.69) is 63.2 Å². The van der Waals surface area contributed by atoms with Gasteiger partial charge in [0.25, 0.3) is 5.91 Å². The minimum Gasteiger partial charge on any atom is -0.361 e. The van der Waals surface area contributed by atoms with Crippen molar-refractivity contribution in [2.45, 2.75) is 13.0 Å². The normalized spacial score (nSPS) is 11.7. The van der Waals surface area contributed by atoms with Crippen molar-refractivity contribution in [1.29, 1.82) is 0 Å². The highest BCUT2D eigenvalue weighted by molar-refractivity contribution is 7.13. The van der Waals surface area contributed by atoms with Gasteiger partial charge >= 0.3 is 0 Å². The van der Waals surface area contributed by atoms with Gasteiger partial charge in [-0.1, -0.05) is 66.7 Å². The maximum atomic E-state index is 12.7. The second-order valence-corrected chi connectivity index (χ2v) is 8.80. The van der Waals surface area contributed by atoms with Crippen molar-refractivity contribution in [1.82, 2.24) is 14.5 Å². The molecule has 168 valence electrons. The van der Waals surface area contributed by atoms with Crippen molar-refractivity contribution in [3.05, 3.63) is 120 Å². The SMILES string of the molecule is CC(c1ccccc1)n1cc(C(=O)Nc2nccs2)c2ccccc21.c1ccc2[nH]ccc2c1. The summed E-state index contributed by atoms with van der Waals surface area (Å²) < 4.78 is 2.15. The molecule has 6 rings (SSSR count). The zero-order chi connectivity index (χ0) is 23.3. The lowest BCUT2D eigenvalue weighted by Gasteiger charge is -2.15. The average Bonchev–Trinajstić information content (AvgIpc) is 3.64. The quantitative estimate of drug-likeness (QED) is 0.292. The molecule has 0 aliphatic carbocycles. The fourth-order valence-electron chi connectivity index (χ4n) is 4.04. The van der Waals surface area contributed by atoms with Crippen LogP contribution >= 0.6 is 11.3 Å². The Morgan fingerprint density at radius 1 is 0.971 bits per heavy atom. The molecule has 0 aliphatic rings. The summed E-state index contributed by atoms with van der Waals surface area (Å²) in [5.74, 6) is -0.134. The number of fused-ring (bicyclic) bond motifs is 2. The fourth-order valence-corrected chi connectivity index (χ4v) is 4.57. The number of carbonyl (C=O) groups is 1. The summed E-state index contributed by atoms with van der Waals surface area (Å²) in [5.41, 5.74) is 4.12. The van der Waals surface area contributed by atoms with Crippen LogP contribution in [0.1, 0.15) is 28.9 Å². The Morgan fingerprint density at radius 3 is 2.53 bits per heavy atom. The zero-order valence-corrected chi connectivity index (χ0v) is 19.5. The molecule has 1 amide bonds. The lowest BCUT2D eigenvalue weighted by Crippen LogP contribution is -2.11. The highest BCUT2D eigenvalue weighted by Gasteiger charge is 2.18. The number of aromatic nitrogens is 3. The van der Waals surface area contributed by atoms with Crippen molar-refractivity contribution < 1.29 is 4.79 Å². The fraction of sp³-hybridized carbons (Fsp3) is 0.0714. The molecule has 3 aromatic carbocycles. The number of hydrogen-bond acceptors (Lipinski definition) is 3. The number of amides is 1. The largest absolute Gasteiger partial charge is 0.361 e. The molecule has 0 aliphatic heterocycles. The molecule has 3 heterocycles. The number of aromatic amines is 1. The van der Waals surface area contributed by atoms with E-state index in [0.717, 1.165) is 10.9 Å². The van der Waals surface area contributed by atoms with Gasteiger partial charge < -0.3 is 9.55 Å². The van der Waals surface area contributed by atoms with Crippen LogP contribution in [0.4, 0.5) is 5.13 Å². The highest BCUT2D eigenvalue weighted by Crippen LogP contribution is 2.28. The molecule has 0 bridgehead atoms. The van der Waals surface area contributed by atoms with E-state index in [-0.39, 0.29) is 11.9 Å². The minimum atomic E-state index is -0.134. The number of nitrogens with zero attached hydrogens (tertiary/aromatic N) is 2. The number of hydrogen-bond donors (Lipinski definition) is 2. The topological polar surface area (TPSA) is 62.7 Å². The number of rotatable bonds is 4. The zero-order valence-electron chi connectivity index (χ0n) is 18.7. The van der Waals surface area contributed by atoms with Gasteiger partial charge in [-0.25, -0.2) is 4.98 Å². The summed E-state index contributed by atoms with van der Waals surface area (Å²) in [6.07, 6.45) is 5.57. The van der Waals surface area contributed by atoms with Gasteiger partial charge in [-0.15, -0.1) is 11.3 Å². The van der Waals surface area contributed by atoms with Gasteiger partial charge in [-0.3, -0.25) is 10.1 Å². The first kappa shape index (κ1) is 21.7. The Hall–Kier alpha value is -4.16. The van der Waals surface area contributed by atoms with E-state index < -0.39 is 0 Å². The van der Waals surface area contributed by atoms with Crippen LogP contribution < -0.4 is 5.32 Å². The molecular weight excluding hydrogens is 440 g/mol.